The van der Waals surface area contributed by atoms with Crippen LogP contribution in [0, 0.1) is 0 Å². The molecule has 102 valence electrons. The van der Waals surface area contributed by atoms with Crippen LogP contribution in [0.1, 0.15) is 0 Å². The van der Waals surface area contributed by atoms with Gasteiger partial charge in [0.1, 0.15) is 0 Å². The van der Waals surface area contributed by atoms with E-state index >= 15 is 0 Å². The van der Waals surface area contributed by atoms with Gasteiger partial charge >= 0.3 is 134 Å². The Hall–Kier alpha value is 0.653. The van der Waals surface area contributed by atoms with Crippen molar-refractivity contribution in [2.75, 3.05) is 0 Å². The predicted octanol–water partition coefficient (Wildman–Crippen LogP) is 3.26. The summed E-state index contributed by atoms with van der Waals surface area (Å²) in [6.45, 7) is 14.9. The monoisotopic (exact) mass is 436 g/mol. The summed E-state index contributed by atoms with van der Waals surface area (Å²) < 4.78 is 7.07. The standard InChI is InChI=1S/C14H20SSe2Si2/c1-18(2,3)11-7-9-10-8-12(19(4,5)6)17-14(10)15-13(9)16-11/h7-8H,1-6H3. The molecule has 19 heavy (non-hydrogen) atoms. The van der Waals surface area contributed by atoms with Crippen LogP contribution in [-0.4, -0.2) is 45.2 Å². The normalized spacial score (nSPS) is 13.8. The molecule has 0 atom stereocenters. The van der Waals surface area contributed by atoms with Crippen LogP contribution in [0.2, 0.25) is 39.3 Å². The van der Waals surface area contributed by atoms with Crippen molar-refractivity contribution in [3.05, 3.63) is 12.1 Å². The molecule has 0 aliphatic carbocycles. The topological polar surface area (TPSA) is 0 Å². The van der Waals surface area contributed by atoms with Crippen molar-refractivity contribution in [3.8, 4) is 0 Å². The molecule has 0 saturated heterocycles. The van der Waals surface area contributed by atoms with Crippen molar-refractivity contribution in [1.82, 2.24) is 0 Å². The molecule has 0 radical (unpaired) electrons. The van der Waals surface area contributed by atoms with E-state index in [1.807, 2.05) is 8.12 Å². The SMILES string of the molecule is C[Si](C)(C)c1cc2c(sc3[se]c([Si](C)(C)C)cc32)[se]1. The first kappa shape index (κ1) is 14.6. The minimum absolute atomic E-state index is 0.651. The molecule has 0 aromatic carbocycles. The molecule has 5 heteroatoms. The van der Waals surface area contributed by atoms with Gasteiger partial charge in [-0.3, -0.25) is 0 Å². The molecular weight excluding hydrogens is 414 g/mol. The second kappa shape index (κ2) is 4.57. The summed E-state index contributed by atoms with van der Waals surface area (Å²) in [6, 6.07) is 5.16. The van der Waals surface area contributed by atoms with E-state index in [2.05, 4.69) is 62.8 Å². The van der Waals surface area contributed by atoms with Gasteiger partial charge in [0.15, 0.2) is 0 Å². The minimum atomic E-state index is -1.08. The summed E-state index contributed by atoms with van der Waals surface area (Å²) in [6.07, 6.45) is 0. The first-order chi connectivity index (χ1) is 8.66. The third-order valence-electron chi connectivity index (χ3n) is 3.35. The Morgan fingerprint density at radius 2 is 1.11 bits per heavy atom. The number of rotatable bonds is 2. The zero-order valence-corrected chi connectivity index (χ0v) is 18.6. The molecule has 0 bridgehead atoms. The molecule has 0 saturated carbocycles. The third-order valence-corrected chi connectivity index (χ3v) is 21.2. The molecule has 0 aliphatic heterocycles. The Balaban J connectivity index is 2.22. The van der Waals surface area contributed by atoms with E-state index in [9.17, 15) is 0 Å². The van der Waals surface area contributed by atoms with E-state index in [1.165, 1.54) is 0 Å². The summed E-state index contributed by atoms with van der Waals surface area (Å²) >= 11 is 3.45. The maximum absolute atomic E-state index is 2.58. The molecule has 0 fully saturated rings. The molecule has 0 unspecified atom stereocenters. The molecule has 0 amide bonds. The molecule has 0 aliphatic rings. The zero-order chi connectivity index (χ0) is 14.0. The quantitative estimate of drug-likeness (QED) is 0.544. The molecule has 0 N–H and O–H groups in total. The van der Waals surface area contributed by atoms with Gasteiger partial charge in [-0.25, -0.2) is 0 Å². The van der Waals surface area contributed by atoms with Gasteiger partial charge < -0.3 is 0 Å². The van der Waals surface area contributed by atoms with Gasteiger partial charge in [0.05, 0.1) is 0 Å². The Morgan fingerprint density at radius 3 is 1.42 bits per heavy atom. The molecular formula is C14H20SSe2Si2. The van der Waals surface area contributed by atoms with Crippen LogP contribution in [0.5, 0.6) is 0 Å². The molecule has 3 heterocycles. The van der Waals surface area contributed by atoms with Gasteiger partial charge in [-0.05, 0) is 0 Å². The van der Waals surface area contributed by atoms with Crippen LogP contribution in [-0.2, 0) is 0 Å². The molecule has 3 aromatic heterocycles. The van der Waals surface area contributed by atoms with Gasteiger partial charge in [-0.1, -0.05) is 0 Å². The fourth-order valence-electron chi connectivity index (χ4n) is 2.10. The van der Waals surface area contributed by atoms with E-state index in [-0.39, 0.29) is 0 Å². The van der Waals surface area contributed by atoms with Crippen LogP contribution in [0.3, 0.4) is 0 Å². The van der Waals surface area contributed by atoms with Crippen molar-refractivity contribution < 1.29 is 0 Å². The fourth-order valence-corrected chi connectivity index (χ4v) is 16.4. The van der Waals surface area contributed by atoms with Gasteiger partial charge in [-0.2, -0.15) is 0 Å². The van der Waals surface area contributed by atoms with Crippen LogP contribution in [0.25, 0.3) is 17.9 Å². The average molecular weight is 434 g/mol. The fraction of sp³-hybridized carbons (Fsp3) is 0.429. The van der Waals surface area contributed by atoms with Gasteiger partial charge in [0.25, 0.3) is 0 Å². The second-order valence-corrected chi connectivity index (χ2v) is 25.5. The van der Waals surface area contributed by atoms with Gasteiger partial charge in [0, 0.05) is 0 Å². The Kier molecular flexibility index (Phi) is 3.51. The summed E-state index contributed by atoms with van der Waals surface area (Å²) in [5, 5.41) is 3.26. The van der Waals surface area contributed by atoms with Crippen LogP contribution >= 0.6 is 11.3 Å². The number of hydrogen-bond donors (Lipinski definition) is 0. The second-order valence-electron chi connectivity index (χ2n) is 7.23. The Bertz CT molecular complexity index is 687. The van der Waals surface area contributed by atoms with Crippen molar-refractivity contribution in [3.63, 3.8) is 0 Å². The van der Waals surface area contributed by atoms with Crippen LogP contribution in [0.4, 0.5) is 0 Å². The van der Waals surface area contributed by atoms with E-state index in [0.29, 0.717) is 29.0 Å². The third kappa shape index (κ3) is 2.59. The van der Waals surface area contributed by atoms with Crippen LogP contribution in [0.15, 0.2) is 12.1 Å². The summed E-state index contributed by atoms with van der Waals surface area (Å²) in [7, 11) is -2.17. The number of fused-ring (bicyclic) bond motifs is 3. The Morgan fingerprint density at radius 1 is 0.737 bits per heavy atom. The average Bonchev–Trinajstić information content (AvgIpc) is 2.81. The van der Waals surface area contributed by atoms with Crippen molar-refractivity contribution >= 4 is 82.5 Å². The van der Waals surface area contributed by atoms with E-state index in [0.717, 1.165) is 0 Å². The first-order valence-corrected chi connectivity index (χ1v) is 17.9. The summed E-state index contributed by atoms with van der Waals surface area (Å²) in [5.41, 5.74) is 0. The van der Waals surface area contributed by atoms with E-state index in [4.69, 9.17) is 0 Å². The van der Waals surface area contributed by atoms with Crippen molar-refractivity contribution in [1.29, 1.82) is 0 Å². The number of hydrogen-bond acceptors (Lipinski definition) is 1. The summed E-state index contributed by atoms with van der Waals surface area (Å²) in [5.74, 6) is 0. The molecule has 0 nitrogen and oxygen atoms in total. The van der Waals surface area contributed by atoms with E-state index in [1.54, 1.807) is 17.9 Å². The van der Waals surface area contributed by atoms with Crippen molar-refractivity contribution in [2.45, 2.75) is 39.3 Å². The molecule has 3 rings (SSSR count). The molecule has 3 aromatic rings. The zero-order valence-electron chi connectivity index (χ0n) is 12.4. The van der Waals surface area contributed by atoms with Crippen LogP contribution < -0.4 is 8.12 Å². The number of thiophene rings is 1. The van der Waals surface area contributed by atoms with E-state index < -0.39 is 16.1 Å². The van der Waals surface area contributed by atoms with Gasteiger partial charge in [-0.15, -0.1) is 0 Å². The Labute approximate surface area is 133 Å². The first-order valence-electron chi connectivity index (χ1n) is 6.63. The predicted molar refractivity (Wildman–Crippen MR) is 99.2 cm³/mol. The molecule has 0 spiro atoms. The summed E-state index contributed by atoms with van der Waals surface area (Å²) in [4.78, 5) is 0. The van der Waals surface area contributed by atoms with Crippen molar-refractivity contribution in [2.24, 2.45) is 0 Å². The van der Waals surface area contributed by atoms with Gasteiger partial charge in [0.2, 0.25) is 0 Å². The maximum atomic E-state index is 2.58.